The van der Waals surface area contributed by atoms with E-state index in [0.717, 1.165) is 78.7 Å². The number of carbonyl (C=O) groups is 1. The van der Waals surface area contributed by atoms with Crippen molar-refractivity contribution in [2.75, 3.05) is 26.3 Å². The molecule has 0 spiro atoms. The van der Waals surface area contributed by atoms with Crippen LogP contribution in [0.4, 0.5) is 4.39 Å². The fourth-order valence-electron chi connectivity index (χ4n) is 6.00. The van der Waals surface area contributed by atoms with Gasteiger partial charge in [-0.2, -0.15) is 5.26 Å². The van der Waals surface area contributed by atoms with E-state index in [1.54, 1.807) is 6.07 Å². The van der Waals surface area contributed by atoms with Crippen molar-refractivity contribution >= 4 is 29.5 Å². The Hall–Kier alpha value is -3.46. The molecule has 0 aromatic heterocycles. The van der Waals surface area contributed by atoms with Crippen molar-refractivity contribution in [2.45, 2.75) is 39.0 Å². The third-order valence-corrected chi connectivity index (χ3v) is 7.88. The number of hydrogen-bond acceptors (Lipinski definition) is 3. The summed E-state index contributed by atoms with van der Waals surface area (Å²) >= 11 is 0. The third-order valence-electron chi connectivity index (χ3n) is 7.88. The van der Waals surface area contributed by atoms with Gasteiger partial charge in [-0.05, 0) is 114 Å². The molecule has 0 saturated carbocycles. The predicted octanol–water partition coefficient (Wildman–Crippen LogP) is 7.12. The molecule has 3 aromatic carbocycles. The van der Waals surface area contributed by atoms with Gasteiger partial charge in [0, 0.05) is 19.6 Å². The summed E-state index contributed by atoms with van der Waals surface area (Å²) in [7, 11) is 0. The van der Waals surface area contributed by atoms with Gasteiger partial charge in [-0.3, -0.25) is 4.39 Å². The summed E-state index contributed by atoms with van der Waals surface area (Å²) in [5.41, 5.74) is 10.1. The second-order valence-corrected chi connectivity index (χ2v) is 10.6. The first-order valence-electron chi connectivity index (χ1n) is 13.5. The van der Waals surface area contributed by atoms with Crippen LogP contribution in [0.2, 0.25) is 0 Å². The lowest BCUT2D eigenvalue weighted by molar-refractivity contribution is 0.0696. The molecule has 0 atom stereocenters. The van der Waals surface area contributed by atoms with Crippen molar-refractivity contribution in [3.63, 3.8) is 0 Å². The van der Waals surface area contributed by atoms with Crippen LogP contribution >= 0.6 is 12.4 Å². The lowest BCUT2D eigenvalue weighted by Crippen LogP contribution is -2.47. The van der Waals surface area contributed by atoms with E-state index in [9.17, 15) is 19.6 Å². The van der Waals surface area contributed by atoms with E-state index in [0.29, 0.717) is 23.5 Å². The van der Waals surface area contributed by atoms with Gasteiger partial charge in [0.25, 0.3) is 0 Å². The molecule has 1 heterocycles. The monoisotopic (exact) mass is 544 g/mol. The number of benzene rings is 3. The van der Waals surface area contributed by atoms with Crippen LogP contribution in [0.1, 0.15) is 68.6 Å². The van der Waals surface area contributed by atoms with E-state index < -0.39 is 5.97 Å². The van der Waals surface area contributed by atoms with Crippen LogP contribution in [0.15, 0.2) is 60.7 Å². The highest BCUT2D eigenvalue weighted by molar-refractivity contribution is 6.01. The molecule has 1 aliphatic carbocycles. The fourth-order valence-corrected chi connectivity index (χ4v) is 6.00. The number of fused-ring (bicyclic) bond motifs is 1. The summed E-state index contributed by atoms with van der Waals surface area (Å²) in [6.45, 7) is 4.73. The molecule has 6 heteroatoms. The molecule has 0 radical (unpaired) electrons. The summed E-state index contributed by atoms with van der Waals surface area (Å²) < 4.78 is 12.4. The molecule has 2 aliphatic rings. The summed E-state index contributed by atoms with van der Waals surface area (Å²) in [4.78, 5) is 14.0. The number of nitriles is 1. The van der Waals surface area contributed by atoms with E-state index in [-0.39, 0.29) is 19.1 Å². The summed E-state index contributed by atoms with van der Waals surface area (Å²) in [5, 5.41) is 19.0. The Morgan fingerprint density at radius 2 is 1.79 bits per heavy atom. The number of allylic oxidation sites excluding steroid dienone is 1. The van der Waals surface area contributed by atoms with Crippen molar-refractivity contribution < 1.29 is 14.3 Å². The van der Waals surface area contributed by atoms with Crippen LogP contribution in [-0.4, -0.2) is 42.3 Å². The lowest BCUT2D eigenvalue weighted by atomic mass is 9.85. The van der Waals surface area contributed by atoms with E-state index in [1.165, 1.54) is 11.1 Å². The minimum Gasteiger partial charge on any atom is -0.478 e. The molecule has 0 amide bonds. The van der Waals surface area contributed by atoms with E-state index in [1.807, 2.05) is 24.3 Å². The Kier molecular flexibility index (Phi) is 9.22. The smallest absolute Gasteiger partial charge is 0.335 e. The minimum atomic E-state index is -0.908. The highest BCUT2D eigenvalue weighted by Crippen LogP contribution is 2.41. The van der Waals surface area contributed by atoms with Gasteiger partial charge in [-0.1, -0.05) is 36.4 Å². The van der Waals surface area contributed by atoms with Crippen LogP contribution < -0.4 is 0 Å². The molecule has 39 heavy (non-hydrogen) atoms. The van der Waals surface area contributed by atoms with Gasteiger partial charge >= 0.3 is 5.97 Å². The number of halogens is 2. The van der Waals surface area contributed by atoms with E-state index >= 15 is 0 Å². The highest BCUT2D eigenvalue weighted by Gasteiger charge is 2.26. The zero-order chi connectivity index (χ0) is 26.6. The molecule has 0 unspecified atom stereocenters. The van der Waals surface area contributed by atoms with Crippen molar-refractivity contribution in [3.8, 4) is 6.07 Å². The zero-order valence-corrected chi connectivity index (χ0v) is 23.1. The van der Waals surface area contributed by atoms with Crippen molar-refractivity contribution in [1.82, 2.24) is 4.90 Å². The first-order chi connectivity index (χ1) is 18.5. The van der Waals surface area contributed by atoms with E-state index in [2.05, 4.69) is 48.2 Å². The highest BCUT2D eigenvalue weighted by atomic mass is 35.5. The number of alkyl halides is 1. The molecule has 0 bridgehead atoms. The Balaban J connectivity index is 0.00000353. The van der Waals surface area contributed by atoms with Crippen molar-refractivity contribution in [3.05, 3.63) is 105 Å². The molecule has 5 rings (SSSR count). The Bertz CT molecular complexity index is 1420. The largest absolute Gasteiger partial charge is 0.478 e. The predicted molar refractivity (Wildman–Crippen MR) is 156 cm³/mol. The topological polar surface area (TPSA) is 64.3 Å². The average molecular weight is 545 g/mol. The van der Waals surface area contributed by atoms with Crippen molar-refractivity contribution in [1.29, 1.82) is 5.26 Å². The minimum absolute atomic E-state index is 0. The van der Waals surface area contributed by atoms with Crippen molar-refractivity contribution in [2.24, 2.45) is 5.92 Å². The average Bonchev–Trinajstić information content (AvgIpc) is 3.09. The summed E-state index contributed by atoms with van der Waals surface area (Å²) in [5.74, 6) is -0.293. The first kappa shape index (κ1) is 28.5. The molecule has 202 valence electrons. The zero-order valence-electron chi connectivity index (χ0n) is 22.3. The van der Waals surface area contributed by atoms with Gasteiger partial charge in [0.05, 0.1) is 23.9 Å². The number of rotatable bonds is 8. The van der Waals surface area contributed by atoms with Crippen LogP contribution in [0.25, 0.3) is 11.1 Å². The number of aromatic carboxylic acids is 1. The van der Waals surface area contributed by atoms with E-state index in [4.69, 9.17) is 0 Å². The number of nitrogens with zero attached hydrogens (tertiary/aromatic N) is 2. The van der Waals surface area contributed by atoms with Crippen LogP contribution in [0.5, 0.6) is 0 Å². The van der Waals surface area contributed by atoms with Crippen LogP contribution in [0, 0.1) is 24.2 Å². The van der Waals surface area contributed by atoms with Gasteiger partial charge in [0.15, 0.2) is 0 Å². The number of carboxylic acids is 1. The first-order valence-corrected chi connectivity index (χ1v) is 13.5. The Labute approximate surface area is 236 Å². The number of hydrogen-bond donors (Lipinski definition) is 1. The molecule has 1 aliphatic heterocycles. The Morgan fingerprint density at radius 3 is 2.46 bits per heavy atom. The second-order valence-electron chi connectivity index (χ2n) is 10.6. The van der Waals surface area contributed by atoms with Gasteiger partial charge in [-0.15, -0.1) is 12.4 Å². The number of aryl methyl sites for hydroxylation is 2. The summed E-state index contributed by atoms with van der Waals surface area (Å²) in [6, 6.07) is 22.4. The van der Waals surface area contributed by atoms with Gasteiger partial charge in [-0.25, -0.2) is 4.79 Å². The number of carboxylic acid groups (broad SMARTS) is 1. The molecule has 1 saturated heterocycles. The molecular weight excluding hydrogens is 511 g/mol. The Morgan fingerprint density at radius 1 is 1.05 bits per heavy atom. The molecule has 3 aromatic rings. The van der Waals surface area contributed by atoms with Crippen LogP contribution in [-0.2, 0) is 12.8 Å². The van der Waals surface area contributed by atoms with Gasteiger partial charge in [0.2, 0.25) is 0 Å². The maximum Gasteiger partial charge on any atom is 0.335 e. The van der Waals surface area contributed by atoms with Gasteiger partial charge in [0.1, 0.15) is 0 Å². The van der Waals surface area contributed by atoms with Gasteiger partial charge < -0.3 is 10.0 Å². The fraction of sp³-hybridized carbons (Fsp3) is 0.333. The maximum absolute atomic E-state index is 12.4. The summed E-state index contributed by atoms with van der Waals surface area (Å²) in [6.07, 6.45) is 4.25. The van der Waals surface area contributed by atoms with Crippen LogP contribution in [0.3, 0.4) is 0 Å². The number of likely N-dealkylation sites (tertiary alicyclic amines) is 1. The lowest BCUT2D eigenvalue weighted by Gasteiger charge is -2.39. The molecular formula is C33H34ClFN2O2. The second kappa shape index (κ2) is 12.6. The standard InChI is InChI=1S/C33H33FN2O2.ClH/c1-22-16-24(19-35)8-12-29(22)31-5-2-4-27-18-28(33(37)38)11-13-30(27)32(31)26-9-6-23(7-10-26)17-25-20-36(21-25)15-3-14-34;/h6-13,16,18,25H,2-5,14-15,17,20-21H2,1H3,(H,37,38);1H. The molecule has 4 nitrogen and oxygen atoms in total. The molecule has 1 fully saturated rings. The maximum atomic E-state index is 12.4. The quantitative estimate of drug-likeness (QED) is 0.328. The third kappa shape index (κ3) is 6.24. The normalized spacial score (nSPS) is 15.5. The SMILES string of the molecule is Cc1cc(C#N)ccc1C1=C(c2ccc(CC3CN(CCCF)C3)cc2)c2ccc(C(=O)O)cc2CCC1.Cl. The molecule has 1 N–H and O–H groups in total.